The van der Waals surface area contributed by atoms with Crippen molar-refractivity contribution in [2.24, 2.45) is 0 Å². The molecule has 1 unspecified atom stereocenters. The Balaban J connectivity index is 2.45. The molecule has 1 aromatic rings. The fraction of sp³-hybridized carbons (Fsp3) is 0.667. The zero-order valence-electron chi connectivity index (χ0n) is 11.3. The summed E-state index contributed by atoms with van der Waals surface area (Å²) in [6.45, 7) is 4.89. The molecule has 0 saturated carbocycles. The van der Waals surface area contributed by atoms with Crippen molar-refractivity contribution in [2.45, 2.75) is 19.6 Å². The van der Waals surface area contributed by atoms with Crippen LogP contribution in [0.1, 0.15) is 12.6 Å². The van der Waals surface area contributed by atoms with Gasteiger partial charge in [-0.25, -0.2) is 4.98 Å². The molecular weight excluding hydrogens is 232 g/mol. The van der Waals surface area contributed by atoms with Gasteiger partial charge in [0.15, 0.2) is 0 Å². The molecule has 0 amide bonds. The Labute approximate surface area is 108 Å². The lowest BCUT2D eigenvalue weighted by atomic mass is 10.3. The molecule has 0 saturated heterocycles. The fourth-order valence-electron chi connectivity index (χ4n) is 1.44. The lowest BCUT2D eigenvalue weighted by molar-refractivity contribution is 0.0365. The predicted octanol–water partition coefficient (Wildman–Crippen LogP) is 0.659. The summed E-state index contributed by atoms with van der Waals surface area (Å²) in [5.74, 6) is 0.753. The Morgan fingerprint density at radius 1 is 1.33 bits per heavy atom. The highest BCUT2D eigenvalue weighted by atomic mass is 16.5. The third-order valence-electron chi connectivity index (χ3n) is 2.44. The van der Waals surface area contributed by atoms with Crippen LogP contribution < -0.4 is 10.6 Å². The van der Waals surface area contributed by atoms with Gasteiger partial charge in [0.05, 0.1) is 24.6 Å². The molecule has 0 aliphatic heterocycles. The van der Waals surface area contributed by atoms with Crippen molar-refractivity contribution in [2.75, 3.05) is 39.2 Å². The molecule has 0 bridgehead atoms. The van der Waals surface area contributed by atoms with E-state index in [0.717, 1.165) is 24.6 Å². The molecule has 0 radical (unpaired) electrons. The van der Waals surface area contributed by atoms with Crippen molar-refractivity contribution < 1.29 is 9.47 Å². The molecule has 0 aliphatic rings. The van der Waals surface area contributed by atoms with Crippen molar-refractivity contribution in [1.29, 1.82) is 0 Å². The Hall–Kier alpha value is -1.24. The van der Waals surface area contributed by atoms with Crippen molar-refractivity contribution in [1.82, 2.24) is 15.3 Å². The zero-order chi connectivity index (χ0) is 13.2. The van der Waals surface area contributed by atoms with Gasteiger partial charge in [-0.1, -0.05) is 6.92 Å². The molecule has 0 aromatic carbocycles. The van der Waals surface area contributed by atoms with E-state index in [1.54, 1.807) is 26.6 Å². The molecule has 6 nitrogen and oxygen atoms in total. The second-order valence-corrected chi connectivity index (χ2v) is 3.87. The molecule has 0 aliphatic carbocycles. The molecule has 1 atom stereocenters. The van der Waals surface area contributed by atoms with Crippen LogP contribution in [-0.4, -0.2) is 50.0 Å². The lowest BCUT2D eigenvalue weighted by Gasteiger charge is -2.15. The largest absolute Gasteiger partial charge is 0.382 e. The second kappa shape index (κ2) is 8.79. The molecule has 0 fully saturated rings. The van der Waals surface area contributed by atoms with Gasteiger partial charge in [-0.3, -0.25) is 4.98 Å². The molecule has 0 spiro atoms. The summed E-state index contributed by atoms with van der Waals surface area (Å²) in [5.41, 5.74) is 0.919. The van der Waals surface area contributed by atoms with Gasteiger partial charge in [0.2, 0.25) is 0 Å². The maximum absolute atomic E-state index is 5.26. The maximum Gasteiger partial charge on any atom is 0.144 e. The fourth-order valence-corrected chi connectivity index (χ4v) is 1.44. The first-order valence-electron chi connectivity index (χ1n) is 6.07. The Kier molecular flexibility index (Phi) is 7.24. The monoisotopic (exact) mass is 254 g/mol. The maximum atomic E-state index is 5.26. The van der Waals surface area contributed by atoms with E-state index >= 15 is 0 Å². The first-order chi connectivity index (χ1) is 8.80. The quantitative estimate of drug-likeness (QED) is 0.675. The van der Waals surface area contributed by atoms with Gasteiger partial charge in [0, 0.05) is 33.5 Å². The number of methoxy groups -OCH3 is 2. The molecule has 1 aromatic heterocycles. The minimum absolute atomic E-state index is 0.00854. The average Bonchev–Trinajstić information content (AvgIpc) is 2.41. The third kappa shape index (κ3) is 5.39. The van der Waals surface area contributed by atoms with Gasteiger partial charge in [0.25, 0.3) is 0 Å². The van der Waals surface area contributed by atoms with E-state index in [2.05, 4.69) is 27.5 Å². The van der Waals surface area contributed by atoms with E-state index in [1.165, 1.54) is 0 Å². The van der Waals surface area contributed by atoms with Gasteiger partial charge in [-0.05, 0) is 6.54 Å². The highest BCUT2D eigenvalue weighted by Crippen LogP contribution is 2.03. The smallest absolute Gasteiger partial charge is 0.144 e. The van der Waals surface area contributed by atoms with Crippen LogP contribution in [0, 0.1) is 0 Å². The van der Waals surface area contributed by atoms with Gasteiger partial charge >= 0.3 is 0 Å². The third-order valence-corrected chi connectivity index (χ3v) is 2.44. The number of aromatic nitrogens is 2. The number of nitrogens with one attached hydrogen (secondary N) is 2. The van der Waals surface area contributed by atoms with Crippen LogP contribution in [0.25, 0.3) is 0 Å². The summed E-state index contributed by atoms with van der Waals surface area (Å²) in [5, 5.41) is 6.40. The number of ether oxygens (including phenoxy) is 2. The average molecular weight is 254 g/mol. The topological polar surface area (TPSA) is 68.3 Å². The van der Waals surface area contributed by atoms with Crippen molar-refractivity contribution in [3.8, 4) is 0 Å². The highest BCUT2D eigenvalue weighted by Gasteiger charge is 2.07. The molecule has 102 valence electrons. The summed E-state index contributed by atoms with van der Waals surface area (Å²) in [7, 11) is 3.32. The van der Waals surface area contributed by atoms with E-state index in [1.807, 2.05) is 0 Å². The van der Waals surface area contributed by atoms with Gasteiger partial charge in [-0.15, -0.1) is 0 Å². The molecule has 1 heterocycles. The molecule has 18 heavy (non-hydrogen) atoms. The SMILES string of the molecule is CCNCc1cncc(NCC(COC)OC)n1. The van der Waals surface area contributed by atoms with Gasteiger partial charge in [-0.2, -0.15) is 0 Å². The van der Waals surface area contributed by atoms with Crippen LogP contribution in [0.4, 0.5) is 5.82 Å². The van der Waals surface area contributed by atoms with Gasteiger partial charge in [0.1, 0.15) is 5.82 Å². The zero-order valence-corrected chi connectivity index (χ0v) is 11.3. The minimum Gasteiger partial charge on any atom is -0.382 e. The summed E-state index contributed by atoms with van der Waals surface area (Å²) >= 11 is 0. The van der Waals surface area contributed by atoms with Crippen LogP contribution in [0.3, 0.4) is 0 Å². The standard InChI is InChI=1S/C12H22N4O2/c1-4-13-5-10-6-14-8-12(16-10)15-7-11(18-3)9-17-2/h6,8,11,13H,4-5,7,9H2,1-3H3,(H,15,16). The number of hydrogen-bond acceptors (Lipinski definition) is 6. The normalized spacial score (nSPS) is 12.4. The van der Waals surface area contributed by atoms with Crippen LogP contribution in [0.5, 0.6) is 0 Å². The molecule has 2 N–H and O–H groups in total. The first-order valence-corrected chi connectivity index (χ1v) is 6.07. The van der Waals surface area contributed by atoms with E-state index in [4.69, 9.17) is 9.47 Å². The molecular formula is C12H22N4O2. The van der Waals surface area contributed by atoms with E-state index < -0.39 is 0 Å². The Morgan fingerprint density at radius 3 is 2.83 bits per heavy atom. The summed E-state index contributed by atoms with van der Waals surface area (Å²) in [6, 6.07) is 0. The minimum atomic E-state index is 0.00854. The van der Waals surface area contributed by atoms with Crippen LogP contribution in [0.15, 0.2) is 12.4 Å². The van der Waals surface area contributed by atoms with E-state index in [-0.39, 0.29) is 6.10 Å². The number of nitrogens with zero attached hydrogens (tertiary/aromatic N) is 2. The van der Waals surface area contributed by atoms with Gasteiger partial charge < -0.3 is 20.1 Å². The van der Waals surface area contributed by atoms with E-state index in [0.29, 0.717) is 13.2 Å². The summed E-state index contributed by atoms with van der Waals surface area (Å²) in [6.07, 6.45) is 3.47. The summed E-state index contributed by atoms with van der Waals surface area (Å²) in [4.78, 5) is 8.59. The lowest BCUT2D eigenvalue weighted by Crippen LogP contribution is -2.27. The highest BCUT2D eigenvalue weighted by molar-refractivity contribution is 5.31. The van der Waals surface area contributed by atoms with Crippen LogP contribution in [-0.2, 0) is 16.0 Å². The number of hydrogen-bond donors (Lipinski definition) is 2. The Morgan fingerprint density at radius 2 is 2.17 bits per heavy atom. The Bertz CT molecular complexity index is 336. The number of anilines is 1. The molecule has 6 heteroatoms. The second-order valence-electron chi connectivity index (χ2n) is 3.87. The predicted molar refractivity (Wildman–Crippen MR) is 70.6 cm³/mol. The van der Waals surface area contributed by atoms with Crippen LogP contribution >= 0.6 is 0 Å². The van der Waals surface area contributed by atoms with Crippen LogP contribution in [0.2, 0.25) is 0 Å². The summed E-state index contributed by atoms with van der Waals surface area (Å²) < 4.78 is 10.3. The van der Waals surface area contributed by atoms with E-state index in [9.17, 15) is 0 Å². The van der Waals surface area contributed by atoms with Crippen molar-refractivity contribution in [3.05, 3.63) is 18.1 Å². The molecule has 1 rings (SSSR count). The van der Waals surface area contributed by atoms with Crippen molar-refractivity contribution >= 4 is 5.82 Å². The first kappa shape index (κ1) is 14.8. The number of rotatable bonds is 9. The van der Waals surface area contributed by atoms with Crippen molar-refractivity contribution in [3.63, 3.8) is 0 Å².